The number of rotatable bonds is 7. The van der Waals surface area contributed by atoms with Crippen molar-refractivity contribution in [3.63, 3.8) is 0 Å². The number of nitrogens with zero attached hydrogens (tertiary/aromatic N) is 2. The second-order valence-corrected chi connectivity index (χ2v) is 9.23. The lowest BCUT2D eigenvalue weighted by atomic mass is 9.95. The molecular weight excluding hydrogens is 414 g/mol. The Morgan fingerprint density at radius 1 is 1.32 bits per heavy atom. The Morgan fingerprint density at radius 3 is 2.86 bits per heavy atom. The maximum atomic E-state index is 12.3. The minimum atomic E-state index is -0.245. The van der Waals surface area contributed by atoms with Crippen LogP contribution < -0.4 is 10.1 Å². The Kier molecular flexibility index (Phi) is 7.76. The smallest absolute Gasteiger partial charge is 0.258 e. The predicted molar refractivity (Wildman–Crippen MR) is 118 cm³/mol. The number of carbonyl (C=O) groups excluding carboxylic acids is 2. The summed E-state index contributed by atoms with van der Waals surface area (Å²) in [6.07, 6.45) is 7.51. The number of amides is 2. The molecule has 150 valence electrons. The molecule has 1 aliphatic rings. The minimum Gasteiger partial charge on any atom is -0.353 e. The van der Waals surface area contributed by atoms with Gasteiger partial charge in [0.15, 0.2) is 4.80 Å². The van der Waals surface area contributed by atoms with Gasteiger partial charge in [-0.15, -0.1) is 18.3 Å². The first kappa shape index (κ1) is 21.1. The fourth-order valence-electron chi connectivity index (χ4n) is 3.32. The Balaban J connectivity index is 1.60. The summed E-state index contributed by atoms with van der Waals surface area (Å²) in [7, 11) is 0. The van der Waals surface area contributed by atoms with Crippen molar-refractivity contribution < 1.29 is 9.59 Å². The summed E-state index contributed by atoms with van der Waals surface area (Å²) in [6.45, 7) is 4.34. The van der Waals surface area contributed by atoms with Gasteiger partial charge >= 0.3 is 0 Å². The van der Waals surface area contributed by atoms with Crippen molar-refractivity contribution in [2.75, 3.05) is 11.5 Å². The zero-order chi connectivity index (χ0) is 19.9. The van der Waals surface area contributed by atoms with Crippen molar-refractivity contribution in [2.45, 2.75) is 44.7 Å². The van der Waals surface area contributed by atoms with Crippen molar-refractivity contribution in [1.82, 2.24) is 9.88 Å². The fourth-order valence-corrected chi connectivity index (χ4v) is 5.27. The molecule has 28 heavy (non-hydrogen) atoms. The van der Waals surface area contributed by atoms with Crippen molar-refractivity contribution in [1.29, 1.82) is 0 Å². The number of allylic oxidation sites excluding steroid dienone is 1. The van der Waals surface area contributed by atoms with E-state index in [1.54, 1.807) is 6.08 Å². The van der Waals surface area contributed by atoms with Gasteiger partial charge in [-0.25, -0.2) is 0 Å². The van der Waals surface area contributed by atoms with E-state index in [2.05, 4.69) is 16.9 Å². The number of thioether (sulfide) groups is 1. The molecule has 1 N–H and O–H groups in total. The molecule has 1 aliphatic carbocycles. The van der Waals surface area contributed by atoms with Crippen LogP contribution in [-0.4, -0.2) is 33.9 Å². The third-order valence-corrected chi connectivity index (χ3v) is 6.80. The van der Waals surface area contributed by atoms with Crippen LogP contribution in [0.2, 0.25) is 5.02 Å². The molecule has 8 heteroatoms. The Hall–Kier alpha value is -1.57. The average Bonchev–Trinajstić information content (AvgIpc) is 2.99. The van der Waals surface area contributed by atoms with Crippen LogP contribution in [0.5, 0.6) is 0 Å². The van der Waals surface area contributed by atoms with E-state index in [1.807, 2.05) is 22.8 Å². The lowest BCUT2D eigenvalue weighted by Gasteiger charge is -2.22. The van der Waals surface area contributed by atoms with Crippen LogP contribution in [0.1, 0.15) is 32.1 Å². The Labute approximate surface area is 177 Å². The van der Waals surface area contributed by atoms with E-state index in [0.29, 0.717) is 22.4 Å². The fraction of sp³-hybridized carbons (Fsp3) is 0.450. The number of hydrogen-bond acceptors (Lipinski definition) is 4. The summed E-state index contributed by atoms with van der Waals surface area (Å²) in [5.41, 5.74) is 0.973. The largest absolute Gasteiger partial charge is 0.353 e. The lowest BCUT2D eigenvalue weighted by molar-refractivity contribution is -0.119. The van der Waals surface area contributed by atoms with Gasteiger partial charge in [0.2, 0.25) is 5.91 Å². The molecule has 3 rings (SSSR count). The van der Waals surface area contributed by atoms with Gasteiger partial charge in [-0.05, 0) is 31.0 Å². The van der Waals surface area contributed by atoms with Crippen molar-refractivity contribution >= 4 is 56.7 Å². The van der Waals surface area contributed by atoms with Crippen molar-refractivity contribution in [2.24, 2.45) is 4.99 Å². The van der Waals surface area contributed by atoms with Crippen LogP contribution >= 0.6 is 34.7 Å². The predicted octanol–water partition coefficient (Wildman–Crippen LogP) is 4.15. The molecule has 1 aromatic carbocycles. The van der Waals surface area contributed by atoms with Crippen LogP contribution in [-0.2, 0) is 16.1 Å². The molecule has 1 heterocycles. The van der Waals surface area contributed by atoms with E-state index in [4.69, 9.17) is 11.6 Å². The number of hydrogen-bond donors (Lipinski definition) is 1. The monoisotopic (exact) mass is 437 g/mol. The second-order valence-electron chi connectivity index (χ2n) is 6.80. The highest BCUT2D eigenvalue weighted by Gasteiger charge is 2.16. The molecule has 0 atom stereocenters. The highest BCUT2D eigenvalue weighted by atomic mass is 35.5. The zero-order valence-electron chi connectivity index (χ0n) is 15.7. The summed E-state index contributed by atoms with van der Waals surface area (Å²) in [6, 6.07) is 5.91. The highest BCUT2D eigenvalue weighted by molar-refractivity contribution is 8.00. The van der Waals surface area contributed by atoms with Gasteiger partial charge in [0.05, 0.1) is 21.7 Å². The summed E-state index contributed by atoms with van der Waals surface area (Å²) in [4.78, 5) is 29.2. The average molecular weight is 438 g/mol. The minimum absolute atomic E-state index is 0.00271. The molecule has 0 unspecified atom stereocenters. The zero-order valence-corrected chi connectivity index (χ0v) is 18.0. The van der Waals surface area contributed by atoms with Crippen LogP contribution in [0, 0.1) is 0 Å². The van der Waals surface area contributed by atoms with Gasteiger partial charge < -0.3 is 9.88 Å². The SMILES string of the molecule is C=CCn1c(=NC(=O)CSCC(=O)NC2CCCCC2)sc2cc(Cl)ccc21. The van der Waals surface area contributed by atoms with Crippen LogP contribution in [0.4, 0.5) is 0 Å². The van der Waals surface area contributed by atoms with Gasteiger partial charge in [0, 0.05) is 17.6 Å². The van der Waals surface area contributed by atoms with E-state index in [-0.39, 0.29) is 23.3 Å². The van der Waals surface area contributed by atoms with Gasteiger partial charge in [-0.3, -0.25) is 9.59 Å². The van der Waals surface area contributed by atoms with E-state index in [9.17, 15) is 9.59 Å². The molecule has 0 saturated heterocycles. The van der Waals surface area contributed by atoms with E-state index >= 15 is 0 Å². The van der Waals surface area contributed by atoms with Crippen LogP contribution in [0.3, 0.4) is 0 Å². The van der Waals surface area contributed by atoms with Gasteiger partial charge in [0.25, 0.3) is 5.91 Å². The molecule has 0 aliphatic heterocycles. The topological polar surface area (TPSA) is 63.5 Å². The van der Waals surface area contributed by atoms with Crippen LogP contribution in [0.15, 0.2) is 35.8 Å². The standard InChI is InChI=1S/C20H24ClN3O2S2/c1-2-10-24-16-9-8-14(21)11-17(16)28-20(24)23-19(26)13-27-12-18(25)22-15-6-4-3-5-7-15/h2,8-9,11,15H,1,3-7,10,12-13H2,(H,22,25). The van der Waals surface area contributed by atoms with Gasteiger partial charge in [0.1, 0.15) is 0 Å². The highest BCUT2D eigenvalue weighted by Crippen LogP contribution is 2.22. The number of thiazole rings is 1. The molecule has 0 bridgehead atoms. The summed E-state index contributed by atoms with van der Waals surface area (Å²) >= 11 is 8.80. The molecular formula is C20H24ClN3O2S2. The summed E-state index contributed by atoms with van der Waals surface area (Å²) < 4.78 is 2.92. The molecule has 2 amide bonds. The molecule has 0 spiro atoms. The molecule has 1 aromatic heterocycles. The van der Waals surface area contributed by atoms with E-state index in [1.165, 1.54) is 42.4 Å². The molecule has 5 nitrogen and oxygen atoms in total. The van der Waals surface area contributed by atoms with Crippen molar-refractivity contribution in [3.8, 4) is 0 Å². The molecule has 1 saturated carbocycles. The van der Waals surface area contributed by atoms with Gasteiger partial charge in [-0.1, -0.05) is 48.3 Å². The normalized spacial score (nSPS) is 15.7. The number of carbonyl (C=O) groups is 2. The first-order valence-electron chi connectivity index (χ1n) is 9.41. The van der Waals surface area contributed by atoms with Crippen LogP contribution in [0.25, 0.3) is 10.2 Å². The Bertz CT molecular complexity index is 929. The summed E-state index contributed by atoms with van der Waals surface area (Å²) in [5, 5.41) is 3.71. The maximum absolute atomic E-state index is 12.3. The third-order valence-electron chi connectivity index (χ3n) is 4.61. The van der Waals surface area contributed by atoms with E-state index < -0.39 is 0 Å². The second kappa shape index (κ2) is 10.3. The molecule has 2 aromatic rings. The third kappa shape index (κ3) is 5.72. The number of fused-ring (bicyclic) bond motifs is 1. The van der Waals surface area contributed by atoms with Gasteiger partial charge in [-0.2, -0.15) is 4.99 Å². The summed E-state index contributed by atoms with van der Waals surface area (Å²) in [5.74, 6) is 0.224. The molecule has 1 fully saturated rings. The number of nitrogens with one attached hydrogen (secondary N) is 1. The molecule has 0 radical (unpaired) electrons. The maximum Gasteiger partial charge on any atom is 0.258 e. The van der Waals surface area contributed by atoms with Crippen molar-refractivity contribution in [3.05, 3.63) is 40.7 Å². The lowest BCUT2D eigenvalue weighted by Crippen LogP contribution is -2.37. The first-order chi connectivity index (χ1) is 13.6. The number of benzene rings is 1. The Morgan fingerprint density at radius 2 is 2.11 bits per heavy atom. The first-order valence-corrected chi connectivity index (χ1v) is 11.8. The number of halogens is 1. The van der Waals surface area contributed by atoms with E-state index in [0.717, 1.165) is 23.1 Å². The quantitative estimate of drug-likeness (QED) is 0.661. The number of aromatic nitrogens is 1.